The van der Waals surface area contributed by atoms with E-state index in [-0.39, 0.29) is 33.9 Å². The van der Waals surface area contributed by atoms with E-state index in [4.69, 9.17) is 50.8 Å². The Morgan fingerprint density at radius 3 is 1.19 bits per heavy atom. The maximum atomic E-state index is 13.1. The summed E-state index contributed by atoms with van der Waals surface area (Å²) < 4.78 is 69.4. The van der Waals surface area contributed by atoms with Gasteiger partial charge in [0.05, 0.1) is 55.5 Å². The summed E-state index contributed by atoms with van der Waals surface area (Å²) in [5.41, 5.74) is 3.11. The highest BCUT2D eigenvalue weighted by Gasteiger charge is 2.31. The van der Waals surface area contributed by atoms with Crippen LogP contribution in [0.25, 0.3) is 0 Å². The summed E-state index contributed by atoms with van der Waals surface area (Å²) >= 11 is 1.42. The van der Waals surface area contributed by atoms with Crippen molar-refractivity contribution in [3.8, 4) is 63.2 Å². The summed E-state index contributed by atoms with van der Waals surface area (Å²) in [6.07, 6.45) is 1.69. The van der Waals surface area contributed by atoms with E-state index in [0.717, 1.165) is 29.5 Å². The minimum absolute atomic E-state index is 0.184. The first-order valence-electron chi connectivity index (χ1n) is 24.4. The van der Waals surface area contributed by atoms with Crippen LogP contribution in [0.5, 0.6) is 63.2 Å². The topological polar surface area (TPSA) is 136 Å². The number of hydrogen-bond acceptors (Lipinski definition) is 14. The second kappa shape index (κ2) is 25.7. The van der Waals surface area contributed by atoms with Crippen LogP contribution in [0.2, 0.25) is 0 Å². The average molecular weight is 1070 g/mol. The number of hydrogen-bond donors (Lipinski definition) is 0. The van der Waals surface area contributed by atoms with Crippen LogP contribution >= 0.6 is 29.0 Å². The summed E-state index contributed by atoms with van der Waals surface area (Å²) in [7, 11) is -0.123. The highest BCUT2D eigenvalue weighted by molar-refractivity contribution is 7.99. The Bertz CT molecular complexity index is 2840. The molecule has 74 heavy (non-hydrogen) atoms. The molecule has 0 saturated heterocycles. The van der Waals surface area contributed by atoms with Crippen molar-refractivity contribution in [2.24, 2.45) is 0 Å². The zero-order chi connectivity index (χ0) is 53.7. The normalized spacial score (nSPS) is 11.8. The van der Waals surface area contributed by atoms with Crippen molar-refractivity contribution in [1.29, 1.82) is 0 Å². The highest BCUT2D eigenvalue weighted by Crippen LogP contribution is 2.54. The number of carbonyl (C=O) groups excluding carboxylic acids is 2. The number of rotatable bonds is 27. The molecule has 0 amide bonds. The first-order valence-corrected chi connectivity index (χ1v) is 27.4. The van der Waals surface area contributed by atoms with Crippen molar-refractivity contribution in [3.63, 3.8) is 0 Å². The zero-order valence-electron chi connectivity index (χ0n) is 44.8. The predicted molar refractivity (Wildman–Crippen MR) is 294 cm³/mol. The molecule has 0 aliphatic heterocycles. The first kappa shape index (κ1) is 57.0. The van der Waals surface area contributed by atoms with Crippen LogP contribution in [0.15, 0.2) is 119 Å². The lowest BCUT2D eigenvalue weighted by atomic mass is 9.82. The van der Waals surface area contributed by atoms with Gasteiger partial charge in [0.15, 0.2) is 34.6 Å². The second-order valence-corrected chi connectivity index (χ2v) is 21.4. The van der Waals surface area contributed by atoms with Crippen LogP contribution < -0.4 is 50.8 Å². The van der Waals surface area contributed by atoms with E-state index in [1.54, 1.807) is 80.9 Å². The number of Topliss-reactive ketones (excluding diaryl/α,β-unsaturated/α-hetero) is 2. The molecule has 394 valence electrons. The summed E-state index contributed by atoms with van der Waals surface area (Å²) in [5, 5.41) is 0. The smallest absolute Gasteiger partial charge is 0.497 e. The van der Waals surface area contributed by atoms with Gasteiger partial charge in [-0.2, -0.15) is 0 Å². The van der Waals surface area contributed by atoms with Gasteiger partial charge in [0.2, 0.25) is 0 Å². The molecule has 0 heterocycles. The molecule has 0 fully saturated rings. The maximum Gasteiger partial charge on any atom is 0.530 e. The average Bonchev–Trinajstić information content (AvgIpc) is 3.38. The number of aryl methyl sites for hydroxylation is 1. The molecule has 6 aromatic carbocycles. The molecule has 13 nitrogen and oxygen atoms in total. The van der Waals surface area contributed by atoms with Gasteiger partial charge in [-0.25, -0.2) is 0 Å². The molecule has 0 aliphatic carbocycles. The summed E-state index contributed by atoms with van der Waals surface area (Å²) in [6.45, 7) is 22.4. The molecular formula is C58H68O13P2S. The van der Waals surface area contributed by atoms with Gasteiger partial charge in [-0.05, 0) is 148 Å². The fourth-order valence-corrected chi connectivity index (χ4v) is 10.4. The van der Waals surface area contributed by atoms with Gasteiger partial charge < -0.3 is 50.8 Å². The summed E-state index contributed by atoms with van der Waals surface area (Å²) in [5.74, 6) is 3.96. The van der Waals surface area contributed by atoms with Crippen LogP contribution in [0, 0.1) is 6.92 Å². The number of carbonyl (C=O) groups is 2. The Hall–Kier alpha value is -6.33. The Labute approximate surface area is 443 Å². The van der Waals surface area contributed by atoms with Crippen LogP contribution in [-0.4, -0.2) is 46.1 Å². The van der Waals surface area contributed by atoms with Crippen LogP contribution in [0.4, 0.5) is 0 Å². The molecule has 0 N–H and O–H groups in total. The van der Waals surface area contributed by atoms with Gasteiger partial charge in [-0.3, -0.25) is 9.59 Å². The first-order chi connectivity index (χ1) is 35.3. The molecule has 6 rings (SSSR count). The molecule has 1 atom stereocenters. The third-order valence-electron chi connectivity index (χ3n) is 12.5. The Kier molecular flexibility index (Phi) is 19.8. The molecule has 0 spiro atoms. The molecule has 0 bridgehead atoms. The third-order valence-corrected chi connectivity index (χ3v) is 15.6. The Morgan fingerprint density at radius 2 is 0.797 bits per heavy atom. The molecular weight excluding hydrogens is 999 g/mol. The lowest BCUT2D eigenvalue weighted by Crippen LogP contribution is -2.16. The Morgan fingerprint density at radius 1 is 0.446 bits per heavy atom. The van der Waals surface area contributed by atoms with E-state index < -0.39 is 17.2 Å². The largest absolute Gasteiger partial charge is 0.530 e. The zero-order valence-corrected chi connectivity index (χ0v) is 47.4. The fourth-order valence-electron chi connectivity index (χ4n) is 7.20. The highest BCUT2D eigenvalue weighted by atomic mass is 32.2. The SMILES string of the molecule is CCOc1ccc(OC)cc1OP(Oc1cc(OC)ccc1OCC)Oc1ccc(C(C)(C)CC)cc1Sc1cc(C(C)(C)CC)ccc1OP(Oc1cc(C)ccc1C(C)=O)Oc1cc(OC)ccc1C(C)=O. The number of ether oxygens (including phenoxy) is 5. The number of benzene rings is 6. The van der Waals surface area contributed by atoms with Crippen molar-refractivity contribution in [2.45, 2.75) is 110 Å². The van der Waals surface area contributed by atoms with Crippen LogP contribution in [0.3, 0.4) is 0 Å². The van der Waals surface area contributed by atoms with E-state index in [9.17, 15) is 9.59 Å². The Balaban J connectivity index is 1.54. The molecule has 0 radical (unpaired) electrons. The minimum atomic E-state index is -2.45. The minimum Gasteiger partial charge on any atom is -0.497 e. The van der Waals surface area contributed by atoms with E-state index >= 15 is 0 Å². The lowest BCUT2D eigenvalue weighted by molar-refractivity contribution is 0.100. The van der Waals surface area contributed by atoms with Crippen molar-refractivity contribution in [3.05, 3.63) is 137 Å². The lowest BCUT2D eigenvalue weighted by Gasteiger charge is -2.27. The quantitative estimate of drug-likeness (QED) is 0.0357. The molecule has 1 unspecified atom stereocenters. The predicted octanol–water partition coefficient (Wildman–Crippen LogP) is 16.3. The van der Waals surface area contributed by atoms with Crippen LogP contribution in [0.1, 0.15) is 119 Å². The van der Waals surface area contributed by atoms with Crippen molar-refractivity contribution in [2.75, 3.05) is 34.5 Å². The fraction of sp³-hybridized carbons (Fsp3) is 0.345. The van der Waals surface area contributed by atoms with Crippen molar-refractivity contribution in [1.82, 2.24) is 0 Å². The van der Waals surface area contributed by atoms with E-state index in [0.29, 0.717) is 85.9 Å². The van der Waals surface area contributed by atoms with Gasteiger partial charge in [-0.1, -0.05) is 71.5 Å². The molecule has 6 aromatic rings. The molecule has 0 aromatic heterocycles. The van der Waals surface area contributed by atoms with Gasteiger partial charge in [0.25, 0.3) is 0 Å². The second-order valence-electron chi connectivity index (χ2n) is 18.4. The van der Waals surface area contributed by atoms with Gasteiger partial charge in [-0.15, -0.1) is 0 Å². The molecule has 16 heteroatoms. The van der Waals surface area contributed by atoms with E-state index in [1.165, 1.54) is 32.7 Å². The number of ketones is 2. The monoisotopic (exact) mass is 1070 g/mol. The van der Waals surface area contributed by atoms with Crippen LogP contribution in [-0.2, 0) is 10.8 Å². The van der Waals surface area contributed by atoms with Crippen molar-refractivity contribution >= 4 is 40.5 Å². The van der Waals surface area contributed by atoms with Gasteiger partial charge in [0.1, 0.15) is 40.2 Å². The summed E-state index contributed by atoms with van der Waals surface area (Å²) in [6, 6.07) is 32.9. The number of methoxy groups -OCH3 is 3. The molecule has 0 saturated carbocycles. The van der Waals surface area contributed by atoms with Gasteiger partial charge in [0, 0.05) is 18.2 Å². The van der Waals surface area contributed by atoms with E-state index in [1.807, 2.05) is 45.0 Å². The van der Waals surface area contributed by atoms with Gasteiger partial charge >= 0.3 is 17.2 Å². The van der Waals surface area contributed by atoms with E-state index in [2.05, 4.69) is 59.7 Å². The third kappa shape index (κ3) is 14.5. The standard InChI is InChI=1S/C58H68O13P2S/c1-15-57(8,9)40-20-27-49(66-72(68-51-31-37(5)19-25-45(51)38(6)59)69-52-34-42(61-12)22-26-46(52)39(7)60)55(32-40)74-56-33-41(58(10,11)16-2)21-28-50(56)67-73(70-53-35-43(62-13)23-29-47(53)64-17-3)71-54-36-44(63-14)24-30-48(54)65-18-4/h19-36H,15-18H2,1-14H3. The van der Waals surface area contributed by atoms with Crippen molar-refractivity contribution < 1.29 is 60.4 Å². The summed E-state index contributed by atoms with van der Waals surface area (Å²) in [4.78, 5) is 27.5. The molecule has 0 aliphatic rings. The maximum absolute atomic E-state index is 13.1.